The third-order valence-corrected chi connectivity index (χ3v) is 3.80. The van der Waals surface area contributed by atoms with E-state index < -0.39 is 22.3 Å². The van der Waals surface area contributed by atoms with Gasteiger partial charge in [0.15, 0.2) is 0 Å². The number of nitrogens with zero attached hydrogens (tertiary/aromatic N) is 2. The van der Waals surface area contributed by atoms with Gasteiger partial charge in [0.2, 0.25) is 0 Å². The first-order valence-electron chi connectivity index (χ1n) is 5.39. The molecule has 0 aliphatic rings. The first-order chi connectivity index (χ1) is 9.88. The molecule has 0 aliphatic carbocycles. The Bertz CT molecular complexity index is 741. The first kappa shape index (κ1) is 15.2. The fourth-order valence-corrected chi connectivity index (χ4v) is 2.51. The smallest absolute Gasteiger partial charge is 0.338 e. The van der Waals surface area contributed by atoms with Crippen molar-refractivity contribution in [3.8, 4) is 0 Å². The Morgan fingerprint density at radius 1 is 1.43 bits per heavy atom. The summed E-state index contributed by atoms with van der Waals surface area (Å²) >= 11 is 6.86. The van der Waals surface area contributed by atoms with Gasteiger partial charge < -0.3 is 5.11 Å². The lowest BCUT2D eigenvalue weighted by atomic mass is 10.2. The molecule has 1 N–H and O–H groups in total. The predicted molar refractivity (Wildman–Crippen MR) is 73.4 cm³/mol. The van der Waals surface area contributed by atoms with Crippen LogP contribution in [0.5, 0.6) is 0 Å². The first-order valence-corrected chi connectivity index (χ1v) is 6.58. The average Bonchev–Trinajstić information content (AvgIpc) is 2.42. The zero-order valence-corrected chi connectivity index (χ0v) is 11.7. The number of pyridine rings is 1. The van der Waals surface area contributed by atoms with Gasteiger partial charge in [0.1, 0.15) is 17.0 Å². The average molecular weight is 329 g/mol. The van der Waals surface area contributed by atoms with Crippen LogP contribution in [0.1, 0.15) is 10.4 Å². The molecule has 0 saturated heterocycles. The van der Waals surface area contributed by atoms with Gasteiger partial charge in [-0.1, -0.05) is 23.4 Å². The highest BCUT2D eigenvalue weighted by Crippen LogP contribution is 2.33. The van der Waals surface area contributed by atoms with E-state index in [0.29, 0.717) is 4.90 Å². The molecule has 0 amide bonds. The van der Waals surface area contributed by atoms with Gasteiger partial charge in [0.05, 0.1) is 15.5 Å². The summed E-state index contributed by atoms with van der Waals surface area (Å²) in [7, 11) is 0. The normalized spacial score (nSPS) is 10.4. The summed E-state index contributed by atoms with van der Waals surface area (Å²) in [4.78, 5) is 25.0. The number of carbonyl (C=O) groups is 1. The fourth-order valence-electron chi connectivity index (χ4n) is 1.43. The van der Waals surface area contributed by atoms with E-state index in [1.54, 1.807) is 0 Å². The van der Waals surface area contributed by atoms with Gasteiger partial charge in [-0.25, -0.2) is 14.2 Å². The number of nitro groups is 1. The number of carboxylic acid groups (broad SMARTS) is 1. The maximum Gasteiger partial charge on any atom is 0.338 e. The molecule has 2 rings (SSSR count). The van der Waals surface area contributed by atoms with Gasteiger partial charge in [-0.2, -0.15) is 0 Å². The highest BCUT2D eigenvalue weighted by molar-refractivity contribution is 7.99. The Morgan fingerprint density at radius 2 is 2.14 bits per heavy atom. The maximum atomic E-state index is 13.3. The van der Waals surface area contributed by atoms with Gasteiger partial charge in [0, 0.05) is 11.0 Å². The molecule has 108 valence electrons. The number of benzene rings is 1. The fraction of sp³-hybridized carbons (Fsp3) is 0. The quantitative estimate of drug-likeness (QED) is 0.680. The summed E-state index contributed by atoms with van der Waals surface area (Å²) in [6.07, 6.45) is 1.04. The van der Waals surface area contributed by atoms with Gasteiger partial charge in [-0.05, 0) is 18.2 Å². The van der Waals surface area contributed by atoms with Gasteiger partial charge in [0.25, 0.3) is 5.69 Å². The minimum Gasteiger partial charge on any atom is -0.478 e. The Balaban J connectivity index is 2.32. The molecule has 21 heavy (non-hydrogen) atoms. The maximum absolute atomic E-state index is 13.3. The zero-order valence-electron chi connectivity index (χ0n) is 10.1. The standard InChI is InChI=1S/C12H6ClFN2O4S/c13-9-3-6(16(19)20)5-15-11(9)21-7-1-2-10(14)8(4-7)12(17)18/h1-5H,(H,17,18). The van der Waals surface area contributed by atoms with Crippen LogP contribution >= 0.6 is 23.4 Å². The number of aromatic nitrogens is 1. The van der Waals surface area contributed by atoms with Crippen LogP contribution in [0.3, 0.4) is 0 Å². The summed E-state index contributed by atoms with van der Waals surface area (Å²) in [5.41, 5.74) is -0.729. The van der Waals surface area contributed by atoms with Crippen LogP contribution in [-0.2, 0) is 0 Å². The number of aromatic carboxylic acids is 1. The van der Waals surface area contributed by atoms with Gasteiger partial charge in [-0.15, -0.1) is 0 Å². The van der Waals surface area contributed by atoms with Crippen molar-refractivity contribution in [1.82, 2.24) is 4.98 Å². The molecule has 0 unspecified atom stereocenters. The largest absolute Gasteiger partial charge is 0.478 e. The minimum absolute atomic E-state index is 0.0513. The predicted octanol–water partition coefficient (Wildman–Crippen LogP) is 3.63. The van der Waals surface area contributed by atoms with Crippen LogP contribution < -0.4 is 0 Å². The van der Waals surface area contributed by atoms with Crippen molar-refractivity contribution in [3.63, 3.8) is 0 Å². The molecule has 0 atom stereocenters. The second kappa shape index (κ2) is 6.06. The van der Waals surface area contributed by atoms with E-state index in [1.807, 2.05) is 0 Å². The van der Waals surface area contributed by atoms with Crippen LogP contribution in [0, 0.1) is 15.9 Å². The van der Waals surface area contributed by atoms with E-state index in [1.165, 1.54) is 6.07 Å². The molecule has 0 saturated carbocycles. The molecule has 2 aromatic rings. The van der Waals surface area contributed by atoms with E-state index in [2.05, 4.69) is 4.98 Å². The highest BCUT2D eigenvalue weighted by atomic mass is 35.5. The van der Waals surface area contributed by atoms with E-state index in [9.17, 15) is 19.3 Å². The topological polar surface area (TPSA) is 93.3 Å². The van der Waals surface area contributed by atoms with E-state index in [4.69, 9.17) is 16.7 Å². The summed E-state index contributed by atoms with van der Waals surface area (Å²) in [6, 6.07) is 4.66. The number of hydrogen-bond acceptors (Lipinski definition) is 5. The lowest BCUT2D eigenvalue weighted by Crippen LogP contribution is -2.00. The van der Waals surface area contributed by atoms with Crippen molar-refractivity contribution < 1.29 is 19.2 Å². The highest BCUT2D eigenvalue weighted by Gasteiger charge is 2.15. The molecule has 0 spiro atoms. The van der Waals surface area contributed by atoms with Crippen molar-refractivity contribution in [2.24, 2.45) is 0 Å². The lowest BCUT2D eigenvalue weighted by Gasteiger charge is -2.05. The molecule has 1 heterocycles. The van der Waals surface area contributed by atoms with Crippen LogP contribution in [0.2, 0.25) is 5.02 Å². The van der Waals surface area contributed by atoms with Crippen molar-refractivity contribution in [3.05, 3.63) is 57.0 Å². The van der Waals surface area contributed by atoms with E-state index >= 15 is 0 Å². The molecule has 0 aliphatic heterocycles. The van der Waals surface area contributed by atoms with Crippen molar-refractivity contribution in [2.45, 2.75) is 9.92 Å². The SMILES string of the molecule is O=C(O)c1cc(Sc2ncc([N+](=O)[O-])cc2Cl)ccc1F. The van der Waals surface area contributed by atoms with Gasteiger partial charge in [-0.3, -0.25) is 10.1 Å². The molecule has 0 fully saturated rings. The van der Waals surface area contributed by atoms with Crippen LogP contribution in [0.25, 0.3) is 0 Å². The van der Waals surface area contributed by atoms with Crippen molar-refractivity contribution in [1.29, 1.82) is 0 Å². The van der Waals surface area contributed by atoms with Gasteiger partial charge >= 0.3 is 5.97 Å². The monoisotopic (exact) mass is 328 g/mol. The Labute approximate surface area is 126 Å². The van der Waals surface area contributed by atoms with Crippen molar-refractivity contribution in [2.75, 3.05) is 0 Å². The summed E-state index contributed by atoms with van der Waals surface area (Å²) in [5, 5.41) is 19.7. The molecular formula is C12H6ClFN2O4S. The Kier molecular flexibility index (Phi) is 4.39. The number of carboxylic acids is 1. The molecule has 6 nitrogen and oxygen atoms in total. The summed E-state index contributed by atoms with van der Waals surface area (Å²) in [6.45, 7) is 0. The van der Waals surface area contributed by atoms with Crippen molar-refractivity contribution >= 4 is 35.0 Å². The third-order valence-electron chi connectivity index (χ3n) is 2.39. The zero-order chi connectivity index (χ0) is 15.6. The minimum atomic E-state index is -1.39. The molecule has 0 bridgehead atoms. The number of halogens is 2. The molecule has 1 aromatic heterocycles. The lowest BCUT2D eigenvalue weighted by molar-refractivity contribution is -0.385. The Morgan fingerprint density at radius 3 is 2.71 bits per heavy atom. The summed E-state index contributed by atoms with van der Waals surface area (Å²) < 4.78 is 13.3. The van der Waals surface area contributed by atoms with Crippen LogP contribution in [-0.4, -0.2) is 21.0 Å². The molecule has 9 heteroatoms. The molecule has 0 radical (unpaired) electrons. The second-order valence-electron chi connectivity index (χ2n) is 3.79. The molecular weight excluding hydrogens is 323 g/mol. The summed E-state index contributed by atoms with van der Waals surface area (Å²) in [5.74, 6) is -2.24. The molecule has 1 aromatic carbocycles. The number of rotatable bonds is 4. The number of hydrogen-bond donors (Lipinski definition) is 1. The van der Waals surface area contributed by atoms with E-state index in [-0.39, 0.29) is 15.7 Å². The van der Waals surface area contributed by atoms with Crippen LogP contribution in [0.4, 0.5) is 10.1 Å². The Hall–Kier alpha value is -2.19. The third kappa shape index (κ3) is 3.47. The van der Waals surface area contributed by atoms with Crippen LogP contribution in [0.15, 0.2) is 40.4 Å². The van der Waals surface area contributed by atoms with E-state index in [0.717, 1.165) is 36.2 Å². The second-order valence-corrected chi connectivity index (χ2v) is 5.26.